The second-order valence-electron chi connectivity index (χ2n) is 6.06. The lowest BCUT2D eigenvalue weighted by Gasteiger charge is -2.15. The van der Waals surface area contributed by atoms with Crippen LogP contribution in [-0.2, 0) is 12.8 Å². The van der Waals surface area contributed by atoms with Gasteiger partial charge in [-0.2, -0.15) is 0 Å². The van der Waals surface area contributed by atoms with Crippen molar-refractivity contribution in [3.05, 3.63) is 47.0 Å². The third kappa shape index (κ3) is 1.37. The number of hydrogen-bond acceptors (Lipinski definition) is 1. The van der Waals surface area contributed by atoms with Gasteiger partial charge in [-0.05, 0) is 58.6 Å². The van der Waals surface area contributed by atoms with Crippen molar-refractivity contribution < 1.29 is 0 Å². The van der Waals surface area contributed by atoms with E-state index in [1.807, 2.05) is 0 Å². The molecule has 18 heavy (non-hydrogen) atoms. The number of rotatable bonds is 2. The van der Waals surface area contributed by atoms with E-state index in [4.69, 9.17) is 5.73 Å². The van der Waals surface area contributed by atoms with Crippen LogP contribution in [0.2, 0.25) is 0 Å². The Morgan fingerprint density at radius 3 is 2.56 bits per heavy atom. The first-order valence-electron chi connectivity index (χ1n) is 7.04. The Morgan fingerprint density at radius 1 is 1.11 bits per heavy atom. The van der Waals surface area contributed by atoms with Gasteiger partial charge in [-0.1, -0.05) is 37.3 Å². The lowest BCUT2D eigenvalue weighted by Crippen LogP contribution is -2.14. The first-order chi connectivity index (χ1) is 8.75. The fourth-order valence-electron chi connectivity index (χ4n) is 3.64. The van der Waals surface area contributed by atoms with Crippen LogP contribution in [0.5, 0.6) is 0 Å². The topological polar surface area (TPSA) is 26.0 Å². The molecule has 4 rings (SSSR count). The van der Waals surface area contributed by atoms with Gasteiger partial charge in [0.2, 0.25) is 0 Å². The van der Waals surface area contributed by atoms with E-state index < -0.39 is 0 Å². The Labute approximate surface area is 108 Å². The molecule has 0 spiro atoms. The molecule has 1 nitrogen and oxygen atoms in total. The lowest BCUT2D eigenvalue weighted by molar-refractivity contribution is 0.597. The molecule has 1 saturated carbocycles. The molecule has 0 aliphatic heterocycles. The quantitative estimate of drug-likeness (QED) is 0.848. The maximum absolute atomic E-state index is 6.48. The van der Waals surface area contributed by atoms with Gasteiger partial charge in [0.1, 0.15) is 0 Å². The Balaban J connectivity index is 1.92. The highest BCUT2D eigenvalue weighted by molar-refractivity contribution is 5.93. The molecule has 3 atom stereocenters. The fraction of sp³-hybridized carbons (Fsp3) is 0.412. The molecule has 2 aromatic rings. The molecule has 0 radical (unpaired) electrons. The Morgan fingerprint density at radius 2 is 1.83 bits per heavy atom. The van der Waals surface area contributed by atoms with E-state index in [2.05, 4.69) is 37.3 Å². The highest BCUT2D eigenvalue weighted by Gasteiger charge is 2.38. The van der Waals surface area contributed by atoms with Gasteiger partial charge < -0.3 is 5.73 Å². The van der Waals surface area contributed by atoms with Crippen molar-refractivity contribution in [2.75, 3.05) is 0 Å². The third-order valence-corrected chi connectivity index (χ3v) is 4.90. The molecule has 2 aliphatic rings. The lowest BCUT2D eigenvalue weighted by atomic mass is 9.93. The van der Waals surface area contributed by atoms with Crippen LogP contribution in [0.1, 0.15) is 36.1 Å². The summed E-state index contributed by atoms with van der Waals surface area (Å²) < 4.78 is 0. The molecule has 1 heteroatoms. The van der Waals surface area contributed by atoms with Crippen LogP contribution in [0.15, 0.2) is 30.3 Å². The minimum Gasteiger partial charge on any atom is -0.324 e. The zero-order chi connectivity index (χ0) is 12.3. The van der Waals surface area contributed by atoms with Crippen molar-refractivity contribution in [1.29, 1.82) is 0 Å². The third-order valence-electron chi connectivity index (χ3n) is 4.90. The normalized spacial score (nSPS) is 26.6. The molecule has 0 bridgehead atoms. The summed E-state index contributed by atoms with van der Waals surface area (Å²) in [4.78, 5) is 0. The van der Waals surface area contributed by atoms with Crippen molar-refractivity contribution in [1.82, 2.24) is 0 Å². The van der Waals surface area contributed by atoms with Gasteiger partial charge >= 0.3 is 0 Å². The highest BCUT2D eigenvalue weighted by Crippen LogP contribution is 2.47. The maximum atomic E-state index is 6.48. The first-order valence-corrected chi connectivity index (χ1v) is 7.04. The van der Waals surface area contributed by atoms with Gasteiger partial charge in [-0.25, -0.2) is 0 Å². The summed E-state index contributed by atoms with van der Waals surface area (Å²) in [6, 6.07) is 11.5. The summed E-state index contributed by atoms with van der Waals surface area (Å²) in [5.74, 6) is 1.51. The fourth-order valence-corrected chi connectivity index (χ4v) is 3.64. The second-order valence-corrected chi connectivity index (χ2v) is 6.06. The van der Waals surface area contributed by atoms with Crippen LogP contribution in [-0.4, -0.2) is 0 Å². The van der Waals surface area contributed by atoms with Crippen LogP contribution in [0.25, 0.3) is 10.8 Å². The summed E-state index contributed by atoms with van der Waals surface area (Å²) in [5, 5.41) is 2.91. The zero-order valence-corrected chi connectivity index (χ0v) is 10.8. The van der Waals surface area contributed by atoms with E-state index in [1.54, 1.807) is 0 Å². The summed E-state index contributed by atoms with van der Waals surface area (Å²) in [6.07, 6.45) is 3.69. The molecule has 2 N–H and O–H groups in total. The van der Waals surface area contributed by atoms with Crippen LogP contribution < -0.4 is 5.73 Å². The standard InChI is InChI=1S/C17H19N/c1-10-9-15(10)17(18)14-8-7-12-6-5-11-3-2-4-13(14)16(11)12/h2-4,7-8,10,15,17H,5-6,9,18H2,1H3. The van der Waals surface area contributed by atoms with Gasteiger partial charge in [0, 0.05) is 6.04 Å². The van der Waals surface area contributed by atoms with Crippen molar-refractivity contribution in [2.24, 2.45) is 17.6 Å². The van der Waals surface area contributed by atoms with Crippen molar-refractivity contribution in [3.8, 4) is 0 Å². The molecule has 0 aromatic heterocycles. The SMILES string of the molecule is CC1CC1C(N)c1ccc2c3c(cccc13)CC2. The van der Waals surface area contributed by atoms with Crippen molar-refractivity contribution >= 4 is 10.8 Å². The molecule has 2 aromatic carbocycles. The predicted octanol–water partition coefficient (Wildman–Crippen LogP) is 3.59. The number of aryl methyl sites for hydroxylation is 2. The molecule has 92 valence electrons. The average molecular weight is 237 g/mol. The average Bonchev–Trinajstić information content (AvgIpc) is 2.97. The molecule has 2 aliphatic carbocycles. The largest absolute Gasteiger partial charge is 0.324 e. The van der Waals surface area contributed by atoms with Gasteiger partial charge in [0.05, 0.1) is 0 Å². The summed E-state index contributed by atoms with van der Waals surface area (Å²) in [7, 11) is 0. The van der Waals surface area contributed by atoms with E-state index in [1.165, 1.54) is 46.7 Å². The number of benzene rings is 2. The van der Waals surface area contributed by atoms with Gasteiger partial charge in [0.15, 0.2) is 0 Å². The van der Waals surface area contributed by atoms with Crippen LogP contribution in [0.3, 0.4) is 0 Å². The second kappa shape index (κ2) is 3.58. The van der Waals surface area contributed by atoms with Gasteiger partial charge in [-0.15, -0.1) is 0 Å². The zero-order valence-electron chi connectivity index (χ0n) is 10.8. The monoisotopic (exact) mass is 237 g/mol. The van der Waals surface area contributed by atoms with Crippen molar-refractivity contribution in [3.63, 3.8) is 0 Å². The Hall–Kier alpha value is -1.34. The van der Waals surface area contributed by atoms with Crippen molar-refractivity contribution in [2.45, 2.75) is 32.2 Å². The molecule has 3 unspecified atom stereocenters. The number of nitrogens with two attached hydrogens (primary N) is 1. The Bertz CT molecular complexity index is 619. The summed E-state index contributed by atoms with van der Waals surface area (Å²) >= 11 is 0. The first kappa shape index (κ1) is 10.6. The molecular weight excluding hydrogens is 218 g/mol. The minimum atomic E-state index is 0.227. The Kier molecular flexibility index (Phi) is 2.10. The summed E-state index contributed by atoms with van der Waals surface area (Å²) in [5.41, 5.74) is 10.9. The summed E-state index contributed by atoms with van der Waals surface area (Å²) in [6.45, 7) is 2.31. The van der Waals surface area contributed by atoms with Crippen LogP contribution in [0, 0.1) is 11.8 Å². The minimum absolute atomic E-state index is 0.227. The van der Waals surface area contributed by atoms with Crippen LogP contribution in [0.4, 0.5) is 0 Å². The molecule has 0 saturated heterocycles. The van der Waals surface area contributed by atoms with E-state index >= 15 is 0 Å². The van der Waals surface area contributed by atoms with E-state index in [0.717, 1.165) is 5.92 Å². The molecule has 1 fully saturated rings. The van der Waals surface area contributed by atoms with E-state index in [0.29, 0.717) is 5.92 Å². The predicted molar refractivity (Wildman–Crippen MR) is 75.6 cm³/mol. The van der Waals surface area contributed by atoms with Gasteiger partial charge in [0.25, 0.3) is 0 Å². The molecular formula is C17H19N. The smallest absolute Gasteiger partial charge is 0.0332 e. The maximum Gasteiger partial charge on any atom is 0.0332 e. The van der Waals surface area contributed by atoms with Crippen LogP contribution >= 0.6 is 0 Å². The highest BCUT2D eigenvalue weighted by atomic mass is 14.7. The molecule has 0 amide bonds. The molecule has 0 heterocycles. The van der Waals surface area contributed by atoms with E-state index in [9.17, 15) is 0 Å². The number of hydrogen-bond donors (Lipinski definition) is 1. The van der Waals surface area contributed by atoms with Gasteiger partial charge in [-0.3, -0.25) is 0 Å². The van der Waals surface area contributed by atoms with E-state index in [-0.39, 0.29) is 6.04 Å².